The van der Waals surface area contributed by atoms with Crippen LogP contribution in [0, 0.1) is 13.8 Å². The van der Waals surface area contributed by atoms with Crippen molar-refractivity contribution in [3.05, 3.63) is 120 Å². The molecule has 0 bridgehead atoms. The number of rotatable bonds is 8. The first-order valence-electron chi connectivity index (χ1n) is 11.3. The number of nitrogens with one attached hydrogen (secondary N) is 1. The fourth-order valence-corrected chi connectivity index (χ4v) is 5.24. The fraction of sp³-hybridized carbons (Fsp3) is 0.143. The van der Waals surface area contributed by atoms with Gasteiger partial charge in [0, 0.05) is 18.1 Å². The second-order valence-electron chi connectivity index (χ2n) is 8.39. The average molecular weight is 486 g/mol. The van der Waals surface area contributed by atoms with E-state index in [1.807, 2.05) is 62.4 Å². The zero-order valence-electron chi connectivity index (χ0n) is 19.7. The predicted molar refractivity (Wildman–Crippen MR) is 139 cm³/mol. The molecule has 0 spiro atoms. The summed E-state index contributed by atoms with van der Waals surface area (Å²) in [5.74, 6) is -0.425. The number of para-hydroxylation sites is 1. The van der Waals surface area contributed by atoms with Crippen LogP contribution in [-0.2, 0) is 21.2 Å². The molecule has 4 rings (SSSR count). The lowest BCUT2D eigenvalue weighted by molar-refractivity contribution is -0.114. The van der Waals surface area contributed by atoms with Gasteiger partial charge in [0.1, 0.15) is 6.54 Å². The lowest BCUT2D eigenvalue weighted by Gasteiger charge is -2.25. The summed E-state index contributed by atoms with van der Waals surface area (Å²) in [4.78, 5) is 17.2. The lowest BCUT2D eigenvalue weighted by Crippen LogP contribution is -2.38. The Morgan fingerprint density at radius 3 is 2.11 bits per heavy atom. The van der Waals surface area contributed by atoms with Crippen molar-refractivity contribution in [2.45, 2.75) is 25.2 Å². The minimum absolute atomic E-state index is 0.139. The molecule has 4 aromatic rings. The van der Waals surface area contributed by atoms with Gasteiger partial charge in [-0.3, -0.25) is 14.1 Å². The van der Waals surface area contributed by atoms with Gasteiger partial charge in [0.05, 0.1) is 10.6 Å². The van der Waals surface area contributed by atoms with Crippen molar-refractivity contribution in [3.63, 3.8) is 0 Å². The molecule has 3 aromatic carbocycles. The Kier molecular flexibility index (Phi) is 7.27. The van der Waals surface area contributed by atoms with E-state index >= 15 is 0 Å². The van der Waals surface area contributed by atoms with Gasteiger partial charge in [-0.1, -0.05) is 48.0 Å². The summed E-state index contributed by atoms with van der Waals surface area (Å²) in [7, 11) is -3.95. The van der Waals surface area contributed by atoms with E-state index < -0.39 is 15.9 Å². The maximum atomic E-state index is 13.5. The Morgan fingerprint density at radius 2 is 1.46 bits per heavy atom. The van der Waals surface area contributed by atoms with E-state index in [2.05, 4.69) is 10.3 Å². The lowest BCUT2D eigenvalue weighted by atomic mass is 10.1. The molecular formula is C28H27N3O3S. The highest BCUT2D eigenvalue weighted by molar-refractivity contribution is 7.92. The van der Waals surface area contributed by atoms with Gasteiger partial charge in [-0.2, -0.15) is 0 Å². The van der Waals surface area contributed by atoms with Crippen LogP contribution >= 0.6 is 0 Å². The first kappa shape index (κ1) is 24.2. The first-order valence-corrected chi connectivity index (χ1v) is 12.7. The maximum absolute atomic E-state index is 13.5. The summed E-state index contributed by atoms with van der Waals surface area (Å²) in [5, 5.41) is 2.83. The molecule has 0 saturated carbocycles. The molecule has 35 heavy (non-hydrogen) atoms. The molecule has 0 aliphatic heterocycles. The van der Waals surface area contributed by atoms with Crippen molar-refractivity contribution in [2.75, 3.05) is 16.2 Å². The van der Waals surface area contributed by atoms with Crippen molar-refractivity contribution in [1.82, 2.24) is 4.98 Å². The molecule has 7 heteroatoms. The quantitative estimate of drug-likeness (QED) is 0.376. The summed E-state index contributed by atoms with van der Waals surface area (Å²) in [6.45, 7) is 3.37. The third-order valence-electron chi connectivity index (χ3n) is 5.68. The van der Waals surface area contributed by atoms with E-state index in [0.717, 1.165) is 28.7 Å². The van der Waals surface area contributed by atoms with Crippen LogP contribution in [0.15, 0.2) is 102 Å². The van der Waals surface area contributed by atoms with Crippen LogP contribution in [0.4, 0.5) is 11.4 Å². The van der Waals surface area contributed by atoms with Gasteiger partial charge in [0.25, 0.3) is 10.0 Å². The largest absolute Gasteiger partial charge is 0.325 e. The summed E-state index contributed by atoms with van der Waals surface area (Å²) in [6, 6.07) is 25.2. The number of aryl methyl sites for hydroxylation is 2. The zero-order chi connectivity index (χ0) is 24.8. The molecule has 0 unspecified atom stereocenters. The second-order valence-corrected chi connectivity index (χ2v) is 10.3. The number of hydrogen-bond donors (Lipinski definition) is 1. The van der Waals surface area contributed by atoms with Crippen LogP contribution in [0.3, 0.4) is 0 Å². The number of sulfonamides is 1. The van der Waals surface area contributed by atoms with Crippen LogP contribution in [0.25, 0.3) is 0 Å². The highest BCUT2D eigenvalue weighted by atomic mass is 32.2. The molecule has 0 radical (unpaired) electrons. The molecule has 0 saturated heterocycles. The van der Waals surface area contributed by atoms with Gasteiger partial charge < -0.3 is 5.32 Å². The normalized spacial score (nSPS) is 11.1. The van der Waals surface area contributed by atoms with Crippen LogP contribution in [0.1, 0.15) is 22.3 Å². The summed E-state index contributed by atoms with van der Waals surface area (Å²) >= 11 is 0. The molecule has 1 aromatic heterocycles. The molecule has 1 heterocycles. The Morgan fingerprint density at radius 1 is 0.829 bits per heavy atom. The molecule has 0 fully saturated rings. The molecule has 1 N–H and O–H groups in total. The number of aromatic nitrogens is 1. The van der Waals surface area contributed by atoms with Gasteiger partial charge >= 0.3 is 0 Å². The molecule has 0 atom stereocenters. The molecule has 6 nitrogen and oxygen atoms in total. The van der Waals surface area contributed by atoms with Gasteiger partial charge in [0.2, 0.25) is 5.91 Å². The van der Waals surface area contributed by atoms with Crippen molar-refractivity contribution in [3.8, 4) is 0 Å². The van der Waals surface area contributed by atoms with Gasteiger partial charge in [-0.25, -0.2) is 8.42 Å². The third kappa shape index (κ3) is 5.94. The van der Waals surface area contributed by atoms with Crippen molar-refractivity contribution in [2.24, 2.45) is 0 Å². The van der Waals surface area contributed by atoms with Crippen LogP contribution in [0.2, 0.25) is 0 Å². The number of nitrogens with zero attached hydrogens (tertiary/aromatic N) is 2. The minimum atomic E-state index is -3.95. The van der Waals surface area contributed by atoms with E-state index in [4.69, 9.17) is 0 Å². The second kappa shape index (κ2) is 10.5. The molecule has 0 aliphatic carbocycles. The predicted octanol–water partition coefficient (Wildman–Crippen LogP) is 5.12. The number of benzene rings is 3. The molecule has 0 aliphatic rings. The number of anilines is 2. The van der Waals surface area contributed by atoms with Crippen LogP contribution in [-0.4, -0.2) is 25.9 Å². The highest BCUT2D eigenvalue weighted by Crippen LogP contribution is 2.27. The zero-order valence-corrected chi connectivity index (χ0v) is 20.5. The van der Waals surface area contributed by atoms with Gasteiger partial charge in [0.15, 0.2) is 0 Å². The third-order valence-corrected chi connectivity index (χ3v) is 7.45. The SMILES string of the molecule is Cc1ccc(S(=O)(=O)N(CC(=O)Nc2ccc(Cc3ccncc3)cc2)c2ccccc2C)cc1. The van der Waals surface area contributed by atoms with Crippen molar-refractivity contribution >= 4 is 27.3 Å². The van der Waals surface area contributed by atoms with E-state index in [-0.39, 0.29) is 11.4 Å². The Labute approximate surface area is 206 Å². The van der Waals surface area contributed by atoms with Crippen molar-refractivity contribution < 1.29 is 13.2 Å². The summed E-state index contributed by atoms with van der Waals surface area (Å²) in [6.07, 6.45) is 4.27. The van der Waals surface area contributed by atoms with Gasteiger partial charge in [-0.15, -0.1) is 0 Å². The highest BCUT2D eigenvalue weighted by Gasteiger charge is 2.28. The minimum Gasteiger partial charge on any atom is -0.325 e. The van der Waals surface area contributed by atoms with E-state index in [0.29, 0.717) is 11.4 Å². The monoisotopic (exact) mass is 485 g/mol. The summed E-state index contributed by atoms with van der Waals surface area (Å²) in [5.41, 5.74) is 5.03. The van der Waals surface area contributed by atoms with E-state index in [9.17, 15) is 13.2 Å². The standard InChI is InChI=1S/C28H27N3O3S/c1-21-7-13-26(14-8-21)35(33,34)31(27-6-4-3-5-22(27)2)20-28(32)30-25-11-9-23(10-12-25)19-24-15-17-29-18-16-24/h3-18H,19-20H2,1-2H3,(H,30,32). The number of hydrogen-bond acceptors (Lipinski definition) is 4. The Bertz CT molecular complexity index is 1400. The Hall–Kier alpha value is -3.97. The van der Waals surface area contributed by atoms with E-state index in [1.165, 1.54) is 4.31 Å². The maximum Gasteiger partial charge on any atom is 0.264 e. The summed E-state index contributed by atoms with van der Waals surface area (Å²) < 4.78 is 28.3. The number of carbonyl (C=O) groups excluding carboxylic acids is 1. The van der Waals surface area contributed by atoms with Crippen molar-refractivity contribution in [1.29, 1.82) is 0 Å². The Balaban J connectivity index is 1.54. The molecule has 1 amide bonds. The van der Waals surface area contributed by atoms with Crippen LogP contribution in [0.5, 0.6) is 0 Å². The number of carbonyl (C=O) groups is 1. The fourth-order valence-electron chi connectivity index (χ4n) is 3.75. The van der Waals surface area contributed by atoms with Gasteiger partial charge in [-0.05, 0) is 79.4 Å². The molecule has 178 valence electrons. The molecular weight excluding hydrogens is 458 g/mol. The topological polar surface area (TPSA) is 79.4 Å². The average Bonchev–Trinajstić information content (AvgIpc) is 2.85. The number of amides is 1. The first-order chi connectivity index (χ1) is 16.8. The van der Waals surface area contributed by atoms with E-state index in [1.54, 1.807) is 48.8 Å². The smallest absolute Gasteiger partial charge is 0.264 e. The number of pyridine rings is 1. The van der Waals surface area contributed by atoms with Crippen LogP contribution < -0.4 is 9.62 Å².